The van der Waals surface area contributed by atoms with Gasteiger partial charge in [-0.3, -0.25) is 4.79 Å². The lowest BCUT2D eigenvalue weighted by molar-refractivity contribution is -0.174. The van der Waals surface area contributed by atoms with Crippen LogP contribution < -0.4 is 11.1 Å². The predicted molar refractivity (Wildman–Crippen MR) is 62.8 cm³/mol. The zero-order valence-corrected chi connectivity index (χ0v) is 11.0. The van der Waals surface area contributed by atoms with E-state index in [1.165, 1.54) is 0 Å². The van der Waals surface area contributed by atoms with Crippen LogP contribution in [0.5, 0.6) is 0 Å². The summed E-state index contributed by atoms with van der Waals surface area (Å²) >= 11 is 0. The monoisotopic (exact) mass is 266 g/mol. The number of nitrogens with two attached hydrogens (primary N) is 1. The number of hydrogen-bond donors (Lipinski definition) is 2. The average Bonchev–Trinajstić information content (AvgIpc) is 2.08. The molecule has 0 heterocycles. The molecule has 0 aromatic carbocycles. The summed E-state index contributed by atoms with van der Waals surface area (Å²) in [6, 6.07) is -0.0264. The summed E-state index contributed by atoms with van der Waals surface area (Å²) in [6.07, 6.45) is -2.57. The largest absolute Gasteiger partial charge is 0.471 e. The van der Waals surface area contributed by atoms with Crippen molar-refractivity contribution >= 4 is 5.91 Å². The third-order valence-electron chi connectivity index (χ3n) is 3.41. The molecule has 2 atom stereocenters. The van der Waals surface area contributed by atoms with E-state index in [0.717, 1.165) is 12.8 Å². The van der Waals surface area contributed by atoms with Gasteiger partial charge in [0.05, 0.1) is 0 Å². The first kappa shape index (κ1) is 15.3. The molecule has 0 bridgehead atoms. The van der Waals surface area contributed by atoms with Crippen LogP contribution in [0.3, 0.4) is 0 Å². The Morgan fingerprint density at radius 3 is 2.33 bits per heavy atom. The first-order chi connectivity index (χ1) is 7.94. The molecule has 6 heteroatoms. The second-order valence-corrected chi connectivity index (χ2v) is 6.50. The van der Waals surface area contributed by atoms with Crippen LogP contribution in [0.4, 0.5) is 13.2 Å². The number of nitrogens with one attached hydrogen (secondary N) is 1. The Morgan fingerprint density at radius 1 is 1.33 bits per heavy atom. The Bertz CT molecular complexity index is 328. The normalized spacial score (nSPS) is 32.1. The molecule has 0 saturated heterocycles. The van der Waals surface area contributed by atoms with Crippen LogP contribution in [0.15, 0.2) is 0 Å². The number of carbonyl (C=O) groups excluding carboxylic acids is 1. The topological polar surface area (TPSA) is 55.1 Å². The molecule has 1 amide bonds. The molecule has 18 heavy (non-hydrogen) atoms. The fraction of sp³-hybridized carbons (Fsp3) is 0.917. The van der Waals surface area contributed by atoms with Crippen LogP contribution in [0.2, 0.25) is 0 Å². The zero-order valence-electron chi connectivity index (χ0n) is 11.0. The van der Waals surface area contributed by atoms with Gasteiger partial charge in [-0.05, 0) is 30.1 Å². The highest BCUT2D eigenvalue weighted by Crippen LogP contribution is 2.45. The minimum atomic E-state index is -4.82. The van der Waals surface area contributed by atoms with Crippen molar-refractivity contribution in [2.75, 3.05) is 6.54 Å². The second kappa shape index (κ2) is 4.72. The molecule has 1 saturated carbocycles. The van der Waals surface area contributed by atoms with Gasteiger partial charge in [-0.15, -0.1) is 0 Å². The third kappa shape index (κ3) is 4.15. The van der Waals surface area contributed by atoms with Crippen LogP contribution in [-0.4, -0.2) is 24.7 Å². The summed E-state index contributed by atoms with van der Waals surface area (Å²) in [6.45, 7) is 6.00. The smallest absolute Gasteiger partial charge is 0.348 e. The van der Waals surface area contributed by atoms with Gasteiger partial charge in [0.2, 0.25) is 0 Å². The van der Waals surface area contributed by atoms with E-state index in [0.29, 0.717) is 6.42 Å². The molecule has 0 aromatic heterocycles. The van der Waals surface area contributed by atoms with Crippen LogP contribution in [0, 0.1) is 10.8 Å². The lowest BCUT2D eigenvalue weighted by Crippen LogP contribution is -2.49. The van der Waals surface area contributed by atoms with Crippen molar-refractivity contribution in [3.05, 3.63) is 0 Å². The van der Waals surface area contributed by atoms with E-state index < -0.39 is 12.1 Å². The third-order valence-corrected chi connectivity index (χ3v) is 3.41. The van der Waals surface area contributed by atoms with E-state index in [1.54, 1.807) is 0 Å². The average molecular weight is 266 g/mol. The molecule has 0 unspecified atom stereocenters. The SMILES string of the molecule is CC1(C)C[C@H](N)C[C@](C)(CNC(=O)C(F)(F)F)C1. The number of carbonyl (C=O) groups is 1. The standard InChI is InChI=1S/C12H21F3N2O/c1-10(2)4-8(16)5-11(3,6-10)7-17-9(18)12(13,14)15/h8H,4-7,16H2,1-3H3,(H,17,18)/t8-,11-/m0/s1. The van der Waals surface area contributed by atoms with Gasteiger partial charge < -0.3 is 11.1 Å². The van der Waals surface area contributed by atoms with Gasteiger partial charge in [-0.1, -0.05) is 20.8 Å². The second-order valence-electron chi connectivity index (χ2n) is 6.50. The lowest BCUT2D eigenvalue weighted by atomic mass is 9.63. The first-order valence-electron chi connectivity index (χ1n) is 6.04. The number of halogens is 3. The van der Waals surface area contributed by atoms with E-state index in [-0.39, 0.29) is 23.4 Å². The molecular formula is C12H21F3N2O. The summed E-state index contributed by atoms with van der Waals surface area (Å²) in [7, 11) is 0. The highest BCUT2D eigenvalue weighted by molar-refractivity contribution is 5.81. The Labute approximate surface area is 105 Å². The Balaban J connectivity index is 2.62. The van der Waals surface area contributed by atoms with Gasteiger partial charge in [0.1, 0.15) is 0 Å². The predicted octanol–water partition coefficient (Wildman–Crippen LogP) is 2.21. The fourth-order valence-corrected chi connectivity index (χ4v) is 3.24. The highest BCUT2D eigenvalue weighted by atomic mass is 19.4. The van der Waals surface area contributed by atoms with Crippen molar-refractivity contribution in [1.29, 1.82) is 0 Å². The van der Waals surface area contributed by atoms with Crippen molar-refractivity contribution in [3.63, 3.8) is 0 Å². The van der Waals surface area contributed by atoms with E-state index in [2.05, 4.69) is 13.8 Å². The van der Waals surface area contributed by atoms with Gasteiger partial charge in [0.15, 0.2) is 0 Å². The maximum atomic E-state index is 12.1. The Hall–Kier alpha value is -0.780. The maximum Gasteiger partial charge on any atom is 0.471 e. The molecule has 1 aliphatic rings. The van der Waals surface area contributed by atoms with E-state index >= 15 is 0 Å². The fourth-order valence-electron chi connectivity index (χ4n) is 3.24. The van der Waals surface area contributed by atoms with Crippen LogP contribution >= 0.6 is 0 Å². The van der Waals surface area contributed by atoms with Gasteiger partial charge in [-0.2, -0.15) is 13.2 Å². The number of hydrogen-bond acceptors (Lipinski definition) is 2. The molecule has 1 fully saturated rings. The van der Waals surface area contributed by atoms with Crippen LogP contribution in [0.25, 0.3) is 0 Å². The minimum Gasteiger partial charge on any atom is -0.348 e. The van der Waals surface area contributed by atoms with Crippen molar-refractivity contribution < 1.29 is 18.0 Å². The van der Waals surface area contributed by atoms with Crippen LogP contribution in [-0.2, 0) is 4.79 Å². The number of alkyl halides is 3. The molecule has 0 aliphatic heterocycles. The van der Waals surface area contributed by atoms with E-state index in [1.807, 2.05) is 12.2 Å². The van der Waals surface area contributed by atoms with Crippen molar-refractivity contribution in [2.24, 2.45) is 16.6 Å². The van der Waals surface area contributed by atoms with Crippen LogP contribution in [0.1, 0.15) is 40.0 Å². The molecule has 1 rings (SSSR count). The van der Waals surface area contributed by atoms with E-state index in [4.69, 9.17) is 5.73 Å². The first-order valence-corrected chi connectivity index (χ1v) is 6.04. The summed E-state index contributed by atoms with van der Waals surface area (Å²) in [4.78, 5) is 10.8. The molecule has 106 valence electrons. The summed E-state index contributed by atoms with van der Waals surface area (Å²) < 4.78 is 36.4. The van der Waals surface area contributed by atoms with Crippen molar-refractivity contribution in [2.45, 2.75) is 52.3 Å². The minimum absolute atomic E-state index is 0.00459. The van der Waals surface area contributed by atoms with Crippen molar-refractivity contribution in [3.8, 4) is 0 Å². The maximum absolute atomic E-state index is 12.1. The van der Waals surface area contributed by atoms with Gasteiger partial charge in [0.25, 0.3) is 0 Å². The number of rotatable bonds is 2. The van der Waals surface area contributed by atoms with E-state index in [9.17, 15) is 18.0 Å². The highest BCUT2D eigenvalue weighted by Gasteiger charge is 2.43. The Kier molecular flexibility index (Phi) is 4.00. The molecule has 3 N–H and O–H groups in total. The summed E-state index contributed by atoms with van der Waals surface area (Å²) in [5.74, 6) is -1.87. The van der Waals surface area contributed by atoms with Crippen molar-refractivity contribution in [1.82, 2.24) is 5.32 Å². The Morgan fingerprint density at radius 2 is 1.89 bits per heavy atom. The number of amides is 1. The molecule has 0 aromatic rings. The molecular weight excluding hydrogens is 245 g/mol. The summed E-state index contributed by atoms with van der Waals surface area (Å²) in [5.41, 5.74) is 5.57. The van der Waals surface area contributed by atoms with Gasteiger partial charge >= 0.3 is 12.1 Å². The summed E-state index contributed by atoms with van der Waals surface area (Å²) in [5, 5.41) is 1.97. The molecule has 0 radical (unpaired) electrons. The van der Waals surface area contributed by atoms with Gasteiger partial charge in [0, 0.05) is 12.6 Å². The van der Waals surface area contributed by atoms with Gasteiger partial charge in [-0.25, -0.2) is 0 Å². The molecule has 3 nitrogen and oxygen atoms in total. The quantitative estimate of drug-likeness (QED) is 0.805. The molecule has 1 aliphatic carbocycles. The zero-order chi connectivity index (χ0) is 14.2. The lowest BCUT2D eigenvalue weighted by Gasteiger charge is -2.45. The molecule has 0 spiro atoms.